The fourth-order valence-electron chi connectivity index (χ4n) is 1.58. The minimum Gasteiger partial charge on any atom is -0.144 e. The molecule has 0 aliphatic carbocycles. The molecule has 1 aromatic carbocycles. The Morgan fingerprint density at radius 3 is 2.44 bits per heavy atom. The second kappa shape index (κ2) is 4.79. The molecule has 0 saturated carbocycles. The summed E-state index contributed by atoms with van der Waals surface area (Å²) in [6.45, 7) is 4.10. The Balaban J connectivity index is 2.37. The van der Waals surface area contributed by atoms with Crippen molar-refractivity contribution in [3.05, 3.63) is 56.2 Å². The monoisotopic (exact) mass is 270 g/mol. The quantitative estimate of drug-likeness (QED) is 0.646. The molecule has 1 unspecified atom stereocenters. The number of aryl methyl sites for hydroxylation is 2. The lowest BCUT2D eigenvalue weighted by Crippen LogP contribution is -1.91. The number of hydrogen-bond acceptors (Lipinski definition) is 1. The van der Waals surface area contributed by atoms with Crippen LogP contribution < -0.4 is 0 Å². The summed E-state index contributed by atoms with van der Waals surface area (Å²) in [4.78, 5) is 2.41. The van der Waals surface area contributed by atoms with E-state index in [1.54, 1.807) is 11.3 Å². The number of thiophene rings is 1. The van der Waals surface area contributed by atoms with Crippen molar-refractivity contribution in [3.8, 4) is 0 Å². The molecule has 0 nitrogen and oxygen atoms in total. The van der Waals surface area contributed by atoms with Crippen LogP contribution in [-0.4, -0.2) is 0 Å². The maximum absolute atomic E-state index is 6.43. The summed E-state index contributed by atoms with van der Waals surface area (Å²) < 4.78 is 0. The lowest BCUT2D eigenvalue weighted by molar-refractivity contribution is 1.18. The second-order valence-corrected chi connectivity index (χ2v) is 6.00. The molecule has 0 radical (unpaired) electrons. The molecule has 84 valence electrons. The van der Waals surface area contributed by atoms with E-state index in [0.717, 1.165) is 21.0 Å². The predicted molar refractivity (Wildman–Crippen MR) is 72.9 cm³/mol. The molecule has 1 atom stereocenters. The Morgan fingerprint density at radius 2 is 1.88 bits per heavy atom. The first kappa shape index (κ1) is 12.0. The Bertz CT molecular complexity index is 502. The minimum atomic E-state index is -0.146. The summed E-state index contributed by atoms with van der Waals surface area (Å²) in [5.74, 6) is 0. The van der Waals surface area contributed by atoms with Gasteiger partial charge in [0.05, 0.1) is 5.38 Å². The average molecular weight is 271 g/mol. The van der Waals surface area contributed by atoms with Crippen LogP contribution in [0, 0.1) is 13.8 Å². The molecule has 2 rings (SSSR count). The van der Waals surface area contributed by atoms with Crippen molar-refractivity contribution < 1.29 is 0 Å². The smallest absolute Gasteiger partial charge is 0.0942 e. The third-order valence-electron chi connectivity index (χ3n) is 2.44. The SMILES string of the molecule is Cc1ccc(C(Cl)c2ccc(C)s2)c(Cl)c1. The molecule has 1 aromatic heterocycles. The van der Waals surface area contributed by atoms with Gasteiger partial charge in [-0.2, -0.15) is 0 Å². The summed E-state index contributed by atoms with van der Waals surface area (Å²) >= 11 is 14.3. The van der Waals surface area contributed by atoms with Crippen LogP contribution in [0.4, 0.5) is 0 Å². The zero-order chi connectivity index (χ0) is 11.7. The largest absolute Gasteiger partial charge is 0.144 e. The maximum Gasteiger partial charge on any atom is 0.0942 e. The average Bonchev–Trinajstić information content (AvgIpc) is 2.64. The van der Waals surface area contributed by atoms with Crippen molar-refractivity contribution >= 4 is 34.5 Å². The highest BCUT2D eigenvalue weighted by Gasteiger charge is 2.15. The molecule has 16 heavy (non-hydrogen) atoms. The summed E-state index contributed by atoms with van der Waals surface area (Å²) in [5, 5.41) is 0.595. The Hall–Kier alpha value is -0.500. The van der Waals surface area contributed by atoms with Gasteiger partial charge in [0.25, 0.3) is 0 Å². The zero-order valence-electron chi connectivity index (χ0n) is 9.13. The molecule has 0 fully saturated rings. The summed E-state index contributed by atoms with van der Waals surface area (Å²) in [6.07, 6.45) is 0. The van der Waals surface area contributed by atoms with Gasteiger partial charge in [0, 0.05) is 14.8 Å². The molecule has 0 bridgehead atoms. The molecule has 2 aromatic rings. The first-order valence-corrected chi connectivity index (χ1v) is 6.67. The van der Waals surface area contributed by atoms with Crippen molar-refractivity contribution in [1.29, 1.82) is 0 Å². The number of hydrogen-bond donors (Lipinski definition) is 0. The standard InChI is InChI=1S/C13H12Cl2S/c1-8-3-5-10(11(14)7-8)13(15)12-6-4-9(2)16-12/h3-7,13H,1-2H3. The number of rotatable bonds is 2. The van der Waals surface area contributed by atoms with Gasteiger partial charge < -0.3 is 0 Å². The van der Waals surface area contributed by atoms with E-state index >= 15 is 0 Å². The van der Waals surface area contributed by atoms with E-state index in [1.165, 1.54) is 4.88 Å². The van der Waals surface area contributed by atoms with Crippen molar-refractivity contribution in [1.82, 2.24) is 0 Å². The topological polar surface area (TPSA) is 0 Å². The fraction of sp³-hybridized carbons (Fsp3) is 0.231. The van der Waals surface area contributed by atoms with Crippen LogP contribution in [0.15, 0.2) is 30.3 Å². The maximum atomic E-state index is 6.43. The molecule has 0 aliphatic heterocycles. The van der Waals surface area contributed by atoms with E-state index in [1.807, 2.05) is 25.1 Å². The van der Waals surface area contributed by atoms with E-state index in [9.17, 15) is 0 Å². The molecule has 0 N–H and O–H groups in total. The molecular weight excluding hydrogens is 259 g/mol. The van der Waals surface area contributed by atoms with Crippen LogP contribution in [0.25, 0.3) is 0 Å². The van der Waals surface area contributed by atoms with Gasteiger partial charge in [-0.3, -0.25) is 0 Å². The van der Waals surface area contributed by atoms with Crippen molar-refractivity contribution in [2.45, 2.75) is 19.2 Å². The van der Waals surface area contributed by atoms with E-state index in [-0.39, 0.29) is 5.38 Å². The van der Waals surface area contributed by atoms with E-state index in [0.29, 0.717) is 0 Å². The second-order valence-electron chi connectivity index (χ2n) is 3.84. The third kappa shape index (κ3) is 2.42. The van der Waals surface area contributed by atoms with Crippen molar-refractivity contribution in [3.63, 3.8) is 0 Å². The molecular formula is C13H12Cl2S. The van der Waals surface area contributed by atoms with Gasteiger partial charge >= 0.3 is 0 Å². The molecule has 3 heteroatoms. The highest BCUT2D eigenvalue weighted by atomic mass is 35.5. The van der Waals surface area contributed by atoms with Gasteiger partial charge in [-0.15, -0.1) is 22.9 Å². The van der Waals surface area contributed by atoms with Crippen molar-refractivity contribution in [2.75, 3.05) is 0 Å². The normalized spacial score (nSPS) is 12.8. The van der Waals surface area contributed by atoms with Crippen LogP contribution in [0.3, 0.4) is 0 Å². The van der Waals surface area contributed by atoms with Gasteiger partial charge in [-0.05, 0) is 43.2 Å². The number of benzene rings is 1. The molecule has 0 amide bonds. The van der Waals surface area contributed by atoms with Crippen LogP contribution in [0.1, 0.15) is 26.3 Å². The van der Waals surface area contributed by atoms with Crippen LogP contribution in [-0.2, 0) is 0 Å². The third-order valence-corrected chi connectivity index (χ3v) is 4.43. The first-order chi connectivity index (χ1) is 7.58. The number of halogens is 2. The molecule has 0 aliphatic rings. The molecule has 0 saturated heterocycles. The Kier molecular flexibility index (Phi) is 3.58. The lowest BCUT2D eigenvalue weighted by atomic mass is 10.1. The predicted octanol–water partition coefficient (Wildman–Crippen LogP) is 5.35. The summed E-state index contributed by atoms with van der Waals surface area (Å²) in [5.41, 5.74) is 2.13. The fourth-order valence-corrected chi connectivity index (χ4v) is 3.25. The van der Waals surface area contributed by atoms with Gasteiger partial charge in [-0.1, -0.05) is 23.7 Å². The van der Waals surface area contributed by atoms with Crippen LogP contribution >= 0.6 is 34.5 Å². The summed E-state index contributed by atoms with van der Waals surface area (Å²) in [6, 6.07) is 10.1. The van der Waals surface area contributed by atoms with Crippen LogP contribution in [0.5, 0.6) is 0 Å². The highest BCUT2D eigenvalue weighted by molar-refractivity contribution is 7.12. The summed E-state index contributed by atoms with van der Waals surface area (Å²) in [7, 11) is 0. The van der Waals surface area contributed by atoms with Gasteiger partial charge in [0.1, 0.15) is 0 Å². The Labute approximate surface area is 110 Å². The van der Waals surface area contributed by atoms with Gasteiger partial charge in [0.15, 0.2) is 0 Å². The van der Waals surface area contributed by atoms with E-state index in [2.05, 4.69) is 19.1 Å². The minimum absolute atomic E-state index is 0.146. The first-order valence-electron chi connectivity index (χ1n) is 5.04. The zero-order valence-corrected chi connectivity index (χ0v) is 11.5. The van der Waals surface area contributed by atoms with Crippen molar-refractivity contribution in [2.24, 2.45) is 0 Å². The Morgan fingerprint density at radius 1 is 1.12 bits per heavy atom. The number of alkyl halides is 1. The van der Waals surface area contributed by atoms with E-state index < -0.39 is 0 Å². The lowest BCUT2D eigenvalue weighted by Gasteiger charge is -2.10. The molecule has 0 spiro atoms. The van der Waals surface area contributed by atoms with Gasteiger partial charge in [-0.25, -0.2) is 0 Å². The highest BCUT2D eigenvalue weighted by Crippen LogP contribution is 2.37. The van der Waals surface area contributed by atoms with Gasteiger partial charge in [0.2, 0.25) is 0 Å². The molecule has 1 heterocycles. The van der Waals surface area contributed by atoms with Crippen LogP contribution in [0.2, 0.25) is 5.02 Å². The van der Waals surface area contributed by atoms with E-state index in [4.69, 9.17) is 23.2 Å².